The van der Waals surface area contributed by atoms with E-state index >= 15 is 0 Å². The van der Waals surface area contributed by atoms with Crippen LogP contribution in [-0.4, -0.2) is 4.98 Å². The van der Waals surface area contributed by atoms with Crippen molar-refractivity contribution in [2.24, 2.45) is 0 Å². The predicted molar refractivity (Wildman–Crippen MR) is 217 cm³/mol. The first-order valence-electron chi connectivity index (χ1n) is 18.5. The second-order valence-electron chi connectivity index (χ2n) is 15.0. The number of rotatable bonds is 3. The zero-order valence-corrected chi connectivity index (χ0v) is 29.6. The molecule has 0 saturated carbocycles. The molecule has 0 saturated heterocycles. The van der Waals surface area contributed by atoms with Crippen molar-refractivity contribution in [3.63, 3.8) is 0 Å². The molecule has 2 aliphatic carbocycles. The number of aromatic nitrogens is 1. The summed E-state index contributed by atoms with van der Waals surface area (Å²) in [5, 5.41) is 2.20. The normalized spacial score (nSPS) is 14.5. The molecule has 2 nitrogen and oxygen atoms in total. The topological polar surface area (TPSA) is 26.0 Å². The Morgan fingerprint density at radius 1 is 0.396 bits per heavy atom. The molecule has 9 aromatic rings. The van der Waals surface area contributed by atoms with E-state index < -0.39 is 5.41 Å². The number of furan rings is 1. The van der Waals surface area contributed by atoms with E-state index in [0.717, 1.165) is 55.6 Å². The van der Waals surface area contributed by atoms with Crippen molar-refractivity contribution < 1.29 is 4.42 Å². The second kappa shape index (κ2) is 11.0. The van der Waals surface area contributed by atoms with E-state index in [-0.39, 0.29) is 5.41 Å². The molecule has 7 aromatic carbocycles. The molecule has 0 radical (unpaired) electrons. The highest BCUT2D eigenvalue weighted by molar-refractivity contribution is 6.13. The van der Waals surface area contributed by atoms with E-state index in [0.29, 0.717) is 0 Å². The summed E-state index contributed by atoms with van der Waals surface area (Å²) < 4.78 is 6.85. The average molecular weight is 678 g/mol. The van der Waals surface area contributed by atoms with Crippen LogP contribution in [0.3, 0.4) is 0 Å². The highest BCUT2D eigenvalue weighted by Crippen LogP contribution is 2.62. The third-order valence-corrected chi connectivity index (χ3v) is 11.9. The van der Waals surface area contributed by atoms with Crippen molar-refractivity contribution in [2.45, 2.75) is 24.7 Å². The quantitative estimate of drug-likeness (QED) is 0.186. The molecule has 0 aliphatic heterocycles. The molecule has 1 spiro atoms. The lowest BCUT2D eigenvalue weighted by molar-refractivity contribution is 0.562. The maximum absolute atomic E-state index is 6.85. The van der Waals surface area contributed by atoms with Crippen LogP contribution in [0.5, 0.6) is 0 Å². The van der Waals surface area contributed by atoms with Gasteiger partial charge in [-0.3, -0.25) is 0 Å². The summed E-state index contributed by atoms with van der Waals surface area (Å²) in [4.78, 5) is 5.37. The van der Waals surface area contributed by atoms with Gasteiger partial charge in [0.15, 0.2) is 0 Å². The predicted octanol–water partition coefficient (Wildman–Crippen LogP) is 13.0. The Labute approximate surface area is 309 Å². The number of benzene rings is 7. The number of hydrogen-bond donors (Lipinski definition) is 0. The number of pyridine rings is 1. The van der Waals surface area contributed by atoms with Crippen LogP contribution in [0.4, 0.5) is 0 Å². The van der Waals surface area contributed by atoms with Crippen LogP contribution < -0.4 is 0 Å². The summed E-state index contributed by atoms with van der Waals surface area (Å²) in [6.45, 7) is 4.74. The van der Waals surface area contributed by atoms with Crippen molar-refractivity contribution in [3.05, 3.63) is 209 Å². The van der Waals surface area contributed by atoms with Gasteiger partial charge in [-0.15, -0.1) is 0 Å². The highest BCUT2D eigenvalue weighted by Gasteiger charge is 2.53. The lowest BCUT2D eigenvalue weighted by Crippen LogP contribution is -2.40. The van der Waals surface area contributed by atoms with Crippen molar-refractivity contribution in [1.29, 1.82) is 0 Å². The lowest BCUT2D eigenvalue weighted by Gasteiger charge is -2.46. The molecular formula is C51H35NO. The molecule has 0 N–H and O–H groups in total. The molecule has 0 atom stereocenters. The summed E-state index contributed by atoms with van der Waals surface area (Å²) in [7, 11) is 0. The van der Waals surface area contributed by atoms with Crippen LogP contribution >= 0.6 is 0 Å². The molecule has 2 heteroatoms. The molecule has 11 rings (SSSR count). The van der Waals surface area contributed by atoms with E-state index in [1.54, 1.807) is 0 Å². The largest absolute Gasteiger partial charge is 0.456 e. The van der Waals surface area contributed by atoms with E-state index in [4.69, 9.17) is 9.40 Å². The SMILES string of the molecule is CC1(C)c2ccccc2C2(c3ccccc3-c3ccccc32)c2cc3c(cc21)oc1cccc(-c2cc(-c4ccccc4)cc(-c4ccccc4)n2)c13. The maximum atomic E-state index is 6.85. The van der Waals surface area contributed by atoms with Gasteiger partial charge in [0.05, 0.1) is 16.8 Å². The Kier molecular flexibility index (Phi) is 6.25. The van der Waals surface area contributed by atoms with Gasteiger partial charge >= 0.3 is 0 Å². The molecule has 53 heavy (non-hydrogen) atoms. The van der Waals surface area contributed by atoms with Gasteiger partial charge in [0.2, 0.25) is 0 Å². The first-order valence-corrected chi connectivity index (χ1v) is 18.5. The monoisotopic (exact) mass is 677 g/mol. The summed E-state index contributed by atoms with van der Waals surface area (Å²) in [6.07, 6.45) is 0. The van der Waals surface area contributed by atoms with Crippen LogP contribution in [-0.2, 0) is 10.8 Å². The minimum absolute atomic E-state index is 0.254. The second-order valence-corrected chi connectivity index (χ2v) is 15.0. The minimum Gasteiger partial charge on any atom is -0.456 e. The Bertz CT molecular complexity index is 2810. The zero-order valence-electron chi connectivity index (χ0n) is 29.6. The molecule has 0 unspecified atom stereocenters. The summed E-state index contributed by atoms with van der Waals surface area (Å²) in [5.41, 5.74) is 17.9. The van der Waals surface area contributed by atoms with E-state index in [9.17, 15) is 0 Å². The maximum Gasteiger partial charge on any atom is 0.136 e. The lowest BCUT2D eigenvalue weighted by atomic mass is 9.55. The van der Waals surface area contributed by atoms with Crippen LogP contribution in [0.2, 0.25) is 0 Å². The van der Waals surface area contributed by atoms with E-state index in [1.807, 2.05) is 0 Å². The van der Waals surface area contributed by atoms with Gasteiger partial charge in [-0.2, -0.15) is 0 Å². The van der Waals surface area contributed by atoms with Gasteiger partial charge < -0.3 is 4.42 Å². The highest BCUT2D eigenvalue weighted by atomic mass is 16.3. The molecule has 2 aliphatic rings. The third kappa shape index (κ3) is 4.12. The van der Waals surface area contributed by atoms with Crippen LogP contribution in [0.1, 0.15) is 47.2 Å². The van der Waals surface area contributed by atoms with Gasteiger partial charge in [-0.1, -0.05) is 159 Å². The van der Waals surface area contributed by atoms with E-state index in [2.05, 4.69) is 190 Å². The number of nitrogens with zero attached hydrogens (tertiary/aromatic N) is 1. The Balaban J connectivity index is 1.24. The fraction of sp³-hybridized carbons (Fsp3) is 0.0784. The Hall–Kier alpha value is -6.51. The first-order chi connectivity index (χ1) is 26.0. The fourth-order valence-corrected chi connectivity index (χ4v) is 9.60. The standard InChI is InChI=1S/C51H35NO/c1-50(2)41-25-13-14-26-42(41)51(39-23-11-9-20-35(39)36-21-10-12-24-40(36)51)44-30-38-48(31-43(44)50)53-47-27-15-22-37(49(38)47)46-29-34(32-16-5-3-6-17-32)28-45(52-46)33-18-7-4-8-19-33/h3-31H,1-2H3. The third-order valence-electron chi connectivity index (χ3n) is 11.9. The molecule has 2 aromatic heterocycles. The van der Waals surface area contributed by atoms with Crippen molar-refractivity contribution in [1.82, 2.24) is 4.98 Å². The van der Waals surface area contributed by atoms with Crippen molar-refractivity contribution in [3.8, 4) is 44.8 Å². The molecule has 0 amide bonds. The van der Waals surface area contributed by atoms with Gasteiger partial charge in [-0.05, 0) is 86.0 Å². The molecular weight excluding hydrogens is 643 g/mol. The molecule has 0 fully saturated rings. The first kappa shape index (κ1) is 30.1. The fourth-order valence-electron chi connectivity index (χ4n) is 9.60. The smallest absolute Gasteiger partial charge is 0.136 e. The Morgan fingerprint density at radius 2 is 0.962 bits per heavy atom. The minimum atomic E-state index is -0.479. The van der Waals surface area contributed by atoms with Crippen LogP contribution in [0.25, 0.3) is 66.7 Å². The van der Waals surface area contributed by atoms with Gasteiger partial charge in [0, 0.05) is 27.3 Å². The summed E-state index contributed by atoms with van der Waals surface area (Å²) >= 11 is 0. The van der Waals surface area contributed by atoms with Crippen LogP contribution in [0.15, 0.2) is 180 Å². The van der Waals surface area contributed by atoms with E-state index in [1.165, 1.54) is 44.5 Å². The average Bonchev–Trinajstić information content (AvgIpc) is 3.74. The van der Waals surface area contributed by atoms with Crippen molar-refractivity contribution >= 4 is 21.9 Å². The number of fused-ring (bicyclic) bond motifs is 12. The molecule has 250 valence electrons. The zero-order chi connectivity index (χ0) is 35.3. The Morgan fingerprint density at radius 3 is 1.66 bits per heavy atom. The summed E-state index contributed by atoms with van der Waals surface area (Å²) in [5.74, 6) is 0. The molecule has 0 bridgehead atoms. The van der Waals surface area contributed by atoms with Gasteiger partial charge in [0.1, 0.15) is 11.2 Å². The van der Waals surface area contributed by atoms with Crippen molar-refractivity contribution in [2.75, 3.05) is 0 Å². The number of hydrogen-bond acceptors (Lipinski definition) is 2. The summed E-state index contributed by atoms with van der Waals surface area (Å²) in [6, 6.07) is 63.9. The molecule has 2 heterocycles. The van der Waals surface area contributed by atoms with Crippen LogP contribution in [0, 0.1) is 0 Å². The van der Waals surface area contributed by atoms with Gasteiger partial charge in [-0.25, -0.2) is 4.98 Å². The van der Waals surface area contributed by atoms with Gasteiger partial charge in [0.25, 0.3) is 0 Å².